The Morgan fingerprint density at radius 3 is 1.90 bits per heavy atom. The van der Waals surface area contributed by atoms with E-state index in [0.29, 0.717) is 0 Å². The molecule has 0 bridgehead atoms. The van der Waals surface area contributed by atoms with Crippen molar-refractivity contribution in [2.24, 2.45) is 0 Å². The van der Waals surface area contributed by atoms with Crippen LogP contribution in [0.4, 0.5) is 0 Å². The highest BCUT2D eigenvalue weighted by atomic mass is 15.0. The van der Waals surface area contributed by atoms with E-state index >= 15 is 0 Å². The van der Waals surface area contributed by atoms with Crippen molar-refractivity contribution in [2.75, 3.05) is 13.1 Å². The second-order valence-corrected chi connectivity index (χ2v) is 3.06. The van der Waals surface area contributed by atoms with Crippen molar-refractivity contribution in [1.82, 2.24) is 4.81 Å². The van der Waals surface area contributed by atoms with Gasteiger partial charge in [0, 0.05) is 0 Å². The lowest BCUT2D eigenvalue weighted by atomic mass is 9.93. The van der Waals surface area contributed by atoms with Gasteiger partial charge in [-0.25, -0.2) is 0 Å². The molecule has 2 heteroatoms. The van der Waals surface area contributed by atoms with Crippen molar-refractivity contribution >= 4 is 7.41 Å². The van der Waals surface area contributed by atoms with Crippen LogP contribution < -0.4 is 0 Å². The first kappa shape index (κ1) is 8.12. The van der Waals surface area contributed by atoms with E-state index in [1.165, 1.54) is 45.2 Å². The Morgan fingerprint density at radius 2 is 1.40 bits per heavy atom. The molecule has 0 unspecified atom stereocenters. The largest absolute Gasteiger partial charge is 0.347 e. The Morgan fingerprint density at radius 1 is 0.900 bits per heavy atom. The van der Waals surface area contributed by atoms with Crippen molar-refractivity contribution in [3.63, 3.8) is 0 Å². The molecule has 1 radical (unpaired) electrons. The molecule has 10 heavy (non-hydrogen) atoms. The van der Waals surface area contributed by atoms with Crippen LogP contribution in [0.25, 0.3) is 0 Å². The van der Waals surface area contributed by atoms with Gasteiger partial charge in [-0.1, -0.05) is 26.1 Å². The Labute approximate surface area is 65.1 Å². The first-order chi connectivity index (χ1) is 4.93. The molecule has 0 aromatic carbocycles. The first-order valence-electron chi connectivity index (χ1n) is 4.47. The molecule has 1 aliphatic rings. The van der Waals surface area contributed by atoms with Gasteiger partial charge >= 0.3 is 0 Å². The third-order valence-electron chi connectivity index (χ3n) is 2.26. The van der Waals surface area contributed by atoms with E-state index < -0.39 is 0 Å². The minimum atomic E-state index is 1.29. The van der Waals surface area contributed by atoms with Gasteiger partial charge in [0.25, 0.3) is 0 Å². The molecule has 0 amide bonds. The van der Waals surface area contributed by atoms with Crippen LogP contribution in [-0.2, 0) is 0 Å². The van der Waals surface area contributed by atoms with Crippen LogP contribution in [0.2, 0.25) is 6.82 Å². The summed E-state index contributed by atoms with van der Waals surface area (Å²) in [5.74, 6) is 0. The highest BCUT2D eigenvalue weighted by molar-refractivity contribution is 6.29. The van der Waals surface area contributed by atoms with Crippen LogP contribution in [0.3, 0.4) is 0 Å². The standard InChI is InChI=1S/C8H17BN/c1-9-10-7-5-3-2-4-6-8-10/h2-8H2,1H3. The molecule has 1 saturated heterocycles. The Balaban J connectivity index is 2.16. The normalized spacial score (nSPS) is 23.3. The van der Waals surface area contributed by atoms with Gasteiger partial charge in [0.2, 0.25) is 7.41 Å². The monoisotopic (exact) mass is 138 g/mol. The molecule has 0 spiro atoms. The SMILES string of the molecule is C[B]N1CCCCCCC1. The van der Waals surface area contributed by atoms with Gasteiger partial charge < -0.3 is 4.81 Å². The molecule has 0 atom stereocenters. The molecule has 1 fully saturated rings. The summed E-state index contributed by atoms with van der Waals surface area (Å²) >= 11 is 0. The van der Waals surface area contributed by atoms with E-state index in [4.69, 9.17) is 0 Å². The molecule has 0 aliphatic carbocycles. The van der Waals surface area contributed by atoms with Gasteiger partial charge in [-0.05, 0) is 25.9 Å². The van der Waals surface area contributed by atoms with Crippen molar-refractivity contribution in [1.29, 1.82) is 0 Å². The second kappa shape index (κ2) is 4.78. The third kappa shape index (κ3) is 2.74. The molecular formula is C8H17BN. The zero-order valence-corrected chi connectivity index (χ0v) is 6.97. The van der Waals surface area contributed by atoms with E-state index in [1.807, 2.05) is 0 Å². The maximum absolute atomic E-state index is 2.44. The van der Waals surface area contributed by atoms with E-state index in [2.05, 4.69) is 19.0 Å². The molecule has 0 aromatic heterocycles. The number of nitrogens with zero attached hydrogens (tertiary/aromatic N) is 1. The van der Waals surface area contributed by atoms with E-state index in [-0.39, 0.29) is 0 Å². The van der Waals surface area contributed by atoms with Gasteiger partial charge in [0.05, 0.1) is 0 Å². The quantitative estimate of drug-likeness (QED) is 0.500. The lowest BCUT2D eigenvalue weighted by molar-refractivity contribution is 0.380. The summed E-state index contributed by atoms with van der Waals surface area (Å²) in [5.41, 5.74) is 0. The summed E-state index contributed by atoms with van der Waals surface area (Å²) in [6.07, 6.45) is 7.11. The predicted octanol–water partition coefficient (Wildman–Crippen LogP) is 1.92. The summed E-state index contributed by atoms with van der Waals surface area (Å²) in [5, 5.41) is 0. The van der Waals surface area contributed by atoms with Crippen LogP contribution in [0.5, 0.6) is 0 Å². The van der Waals surface area contributed by atoms with Crippen molar-refractivity contribution in [3.8, 4) is 0 Å². The second-order valence-electron chi connectivity index (χ2n) is 3.06. The maximum atomic E-state index is 2.44. The van der Waals surface area contributed by atoms with Crippen LogP contribution in [0.15, 0.2) is 0 Å². The molecule has 0 aromatic rings. The topological polar surface area (TPSA) is 3.24 Å². The summed E-state index contributed by atoms with van der Waals surface area (Å²) in [6.45, 7) is 4.72. The average Bonchev–Trinajstić information content (AvgIpc) is 1.87. The minimum absolute atomic E-state index is 1.29. The zero-order chi connectivity index (χ0) is 7.23. The van der Waals surface area contributed by atoms with E-state index in [9.17, 15) is 0 Å². The highest BCUT2D eigenvalue weighted by Crippen LogP contribution is 2.08. The number of hydrogen-bond acceptors (Lipinski definition) is 1. The molecule has 0 saturated carbocycles. The average molecular weight is 138 g/mol. The zero-order valence-electron chi connectivity index (χ0n) is 6.97. The Bertz CT molecular complexity index is 77.3. The van der Waals surface area contributed by atoms with Crippen molar-refractivity contribution in [3.05, 3.63) is 0 Å². The summed E-state index contributed by atoms with van der Waals surface area (Å²) < 4.78 is 0. The van der Waals surface area contributed by atoms with Gasteiger partial charge in [-0.15, -0.1) is 0 Å². The molecular weight excluding hydrogens is 121 g/mol. The Hall–Kier alpha value is 0.0249. The van der Waals surface area contributed by atoms with Crippen LogP contribution >= 0.6 is 0 Å². The fraction of sp³-hybridized carbons (Fsp3) is 1.00. The van der Waals surface area contributed by atoms with Gasteiger partial charge in [0.15, 0.2) is 0 Å². The lowest BCUT2D eigenvalue weighted by Gasteiger charge is -2.22. The number of hydrogen-bond donors (Lipinski definition) is 0. The smallest absolute Gasteiger partial charge is 0.205 e. The van der Waals surface area contributed by atoms with Crippen LogP contribution in [0.1, 0.15) is 32.1 Å². The van der Waals surface area contributed by atoms with Gasteiger partial charge in [-0.3, -0.25) is 0 Å². The minimum Gasteiger partial charge on any atom is -0.347 e. The first-order valence-corrected chi connectivity index (χ1v) is 4.47. The Kier molecular flexibility index (Phi) is 3.88. The predicted molar refractivity (Wildman–Crippen MR) is 46.3 cm³/mol. The molecule has 1 nitrogen and oxygen atoms in total. The molecule has 57 valence electrons. The van der Waals surface area contributed by atoms with Crippen LogP contribution in [-0.4, -0.2) is 25.3 Å². The molecule has 1 aliphatic heterocycles. The lowest BCUT2D eigenvalue weighted by Crippen LogP contribution is -2.29. The fourth-order valence-electron chi connectivity index (χ4n) is 1.53. The van der Waals surface area contributed by atoms with Crippen LogP contribution in [0, 0.1) is 0 Å². The summed E-state index contributed by atoms with van der Waals surface area (Å²) in [4.78, 5) is 2.44. The van der Waals surface area contributed by atoms with Gasteiger partial charge in [-0.2, -0.15) is 0 Å². The highest BCUT2D eigenvalue weighted by Gasteiger charge is 2.04. The molecule has 0 N–H and O–H groups in total. The fourth-order valence-corrected chi connectivity index (χ4v) is 1.53. The van der Waals surface area contributed by atoms with Crippen molar-refractivity contribution in [2.45, 2.75) is 38.9 Å². The number of rotatable bonds is 1. The van der Waals surface area contributed by atoms with E-state index in [0.717, 1.165) is 0 Å². The summed E-state index contributed by atoms with van der Waals surface area (Å²) in [6, 6.07) is 0. The molecule has 1 heterocycles. The van der Waals surface area contributed by atoms with E-state index in [1.54, 1.807) is 0 Å². The third-order valence-corrected chi connectivity index (χ3v) is 2.26. The maximum Gasteiger partial charge on any atom is 0.205 e. The summed E-state index contributed by atoms with van der Waals surface area (Å²) in [7, 11) is 2.23. The molecule has 1 rings (SSSR count). The van der Waals surface area contributed by atoms with Crippen molar-refractivity contribution < 1.29 is 0 Å². The van der Waals surface area contributed by atoms with Gasteiger partial charge in [0.1, 0.15) is 0 Å².